The van der Waals surface area contributed by atoms with Crippen LogP contribution in [0.1, 0.15) is 294 Å². The number of hydrogen-bond donors (Lipinski definition) is 0. The highest BCUT2D eigenvalue weighted by Crippen LogP contribution is 2.29. The second-order valence-electron chi connectivity index (χ2n) is 27.8. The van der Waals surface area contributed by atoms with Crippen LogP contribution in [-0.2, 0) is 36.9 Å². The van der Waals surface area contributed by atoms with E-state index in [2.05, 4.69) is 116 Å². The Morgan fingerprint density at radius 3 is 1.23 bits per heavy atom. The number of likely N-dealkylation sites (N-methyl/N-ethyl adjacent to an activating group) is 2. The number of anilines is 1. The van der Waals surface area contributed by atoms with Gasteiger partial charge in [0.1, 0.15) is 16.9 Å². The maximum absolute atomic E-state index is 11.3. The van der Waals surface area contributed by atoms with E-state index in [1.54, 1.807) is 40.3 Å². The van der Waals surface area contributed by atoms with Crippen LogP contribution in [0.4, 0.5) is 15.3 Å². The van der Waals surface area contributed by atoms with Crippen molar-refractivity contribution in [3.8, 4) is 0 Å². The molecule has 19 rings (SSSR count). The van der Waals surface area contributed by atoms with Gasteiger partial charge in [-0.05, 0) is 158 Å². The van der Waals surface area contributed by atoms with E-state index in [9.17, 15) is 47.9 Å². The van der Waals surface area contributed by atoms with E-state index >= 15 is 0 Å². The summed E-state index contributed by atoms with van der Waals surface area (Å²) >= 11 is 3.67. The largest absolute Gasteiger partial charge is 0.464 e. The quantitative estimate of drug-likeness (QED) is 0.102. The third kappa shape index (κ3) is 45.2. The van der Waals surface area contributed by atoms with Gasteiger partial charge in [0.15, 0.2) is 0 Å². The second-order valence-corrected chi connectivity index (χ2v) is 30.0. The Morgan fingerprint density at radius 1 is 0.381 bits per heavy atom. The van der Waals surface area contributed by atoms with Crippen molar-refractivity contribution in [2.75, 3.05) is 47.2 Å². The number of aryl methyl sites for hydroxylation is 4. The maximum Gasteiger partial charge on any atom is 0.370 e. The molecular weight excluding hydrogens is 1710 g/mol. The molecule has 20 nitrogen and oxygen atoms in total. The van der Waals surface area contributed by atoms with Crippen LogP contribution in [0, 0.1) is 39.5 Å². The molecule has 7 aromatic carbocycles. The highest BCUT2D eigenvalue weighted by atomic mass is 32.1. The number of imide groups is 4. The summed E-state index contributed by atoms with van der Waals surface area (Å²) in [6.07, 6.45) is 21.7. The van der Waals surface area contributed by atoms with E-state index in [0.717, 1.165) is 72.4 Å². The van der Waals surface area contributed by atoms with E-state index in [1.807, 2.05) is 300 Å². The molecular formula is C112H164N8O12S2. The van der Waals surface area contributed by atoms with Gasteiger partial charge in [0.25, 0.3) is 29.5 Å². The Balaban J connectivity index is -0.000000676. The molecule has 22 heteroatoms. The average molecular weight is 1880 g/mol. The SMILES string of the molecule is CC.CC.CC.CC.CC.CC.CC.CC.CC.CC.CC.CC1CC=CCC1.CC1CCCCC1.CN1C(=O)C=CC1=O.CN1C(=O)CCC1=O.CN1C(=O)Cc2ccccc21.CN1C(=O)N=NC1=O.CN1C(=O)c2ccccc2C1=O.CN1Cc2ccccc2C1=O.Cc1cc2ccccc2o1.Cc1cc2ccccc2s1.Cc1coc2ccccc12.Cc1csc2ccccc12. The van der Waals surface area contributed by atoms with Crippen LogP contribution in [-0.4, -0.2) is 126 Å². The number of carbonyl (C=O) groups is 10. The van der Waals surface area contributed by atoms with Gasteiger partial charge in [-0.3, -0.25) is 53.1 Å². The van der Waals surface area contributed by atoms with Crippen molar-refractivity contribution in [1.29, 1.82) is 0 Å². The highest BCUT2D eigenvalue weighted by Gasteiger charge is 2.32. The zero-order valence-electron chi connectivity index (χ0n) is 87.7. The van der Waals surface area contributed by atoms with Crippen molar-refractivity contribution < 1.29 is 56.8 Å². The smallest absolute Gasteiger partial charge is 0.370 e. The number of hydrogen-bond acceptors (Lipinski definition) is 14. The molecule has 134 heavy (non-hydrogen) atoms. The number of carbonyl (C=O) groups excluding carboxylic acids is 10. The average Bonchev–Trinajstić information content (AvgIpc) is 1.66. The Bertz CT molecular complexity index is 4860. The molecule has 10 heterocycles. The van der Waals surface area contributed by atoms with E-state index in [1.165, 1.54) is 144 Å². The minimum atomic E-state index is -0.602. The number of urea groups is 2. The van der Waals surface area contributed by atoms with Crippen LogP contribution < -0.4 is 4.90 Å². The van der Waals surface area contributed by atoms with Gasteiger partial charge in [0, 0.05) is 110 Å². The number of allylic oxidation sites excluding steroid dienone is 2. The summed E-state index contributed by atoms with van der Waals surface area (Å²) < 4.78 is 13.4. The van der Waals surface area contributed by atoms with Crippen LogP contribution in [0.25, 0.3) is 42.1 Å². The van der Waals surface area contributed by atoms with Crippen LogP contribution in [0.15, 0.2) is 237 Å². The molecule has 6 aliphatic heterocycles. The molecule has 12 amide bonds. The zero-order valence-corrected chi connectivity index (χ0v) is 89.4. The summed E-state index contributed by atoms with van der Waals surface area (Å²) in [4.78, 5) is 116. The van der Waals surface area contributed by atoms with E-state index in [4.69, 9.17) is 8.83 Å². The first-order chi connectivity index (χ1) is 64.7. The first-order valence-corrected chi connectivity index (χ1v) is 49.9. The third-order valence-corrected chi connectivity index (χ3v) is 21.2. The number of thiophene rings is 2. The lowest BCUT2D eigenvalue weighted by molar-refractivity contribution is -0.137. The standard InChI is InChI=1S/C9H7NO2.2C9H9NO.2C9H8O.2C9H8S.C7H14.C7H12.C5H7NO2.C5H5NO2.C3H3N3O2.11C2H6/c1-10-8(11)6-4-2-3-5-7(6)9(10)12;1-10-6-7-4-2-3-5-8(7)9(10)11;1-10-8-5-3-2-4-7(8)6-9(10)11;1-7-6-10-9-5-3-2-4-8(7)9;1-7-6-8-4-2-3-5-9(8)10-7;1-7-6-10-9-5-3-2-4-8(7)9;1-7-6-8-4-2-3-5-9(8)10-7;2*1-7-5-3-2-4-6-7;2*1-6-4(7)2-3-5(6)8;1-6-2(7)4-5-3(6)8;11*1-2/h2-5H,1H3;2*2-5H,6H2,1H3;4*2-6H,1H3;7H,2-6H2,1H3;2-3,7H,4-6H2,1H3;2-3H2,1H3;2-3H,1H3;1H3;11*1-2H3. The molecule has 2 fully saturated rings. The number of amides is 12. The summed E-state index contributed by atoms with van der Waals surface area (Å²) in [7, 11) is 9.41. The van der Waals surface area contributed by atoms with E-state index < -0.39 is 12.1 Å². The summed E-state index contributed by atoms with van der Waals surface area (Å²) in [6, 6.07) is 58.5. The molecule has 0 spiro atoms. The molecule has 1 saturated heterocycles. The number of azo groups is 1. The Morgan fingerprint density at radius 2 is 0.828 bits per heavy atom. The summed E-state index contributed by atoms with van der Waals surface area (Å²) in [5.74, 6) is 2.26. The highest BCUT2D eigenvalue weighted by molar-refractivity contribution is 7.19. The van der Waals surface area contributed by atoms with Gasteiger partial charge in [-0.15, -0.1) is 22.7 Å². The summed E-state index contributed by atoms with van der Waals surface area (Å²) in [6.45, 7) is 57.7. The van der Waals surface area contributed by atoms with E-state index in [-0.39, 0.29) is 47.3 Å². The van der Waals surface area contributed by atoms with Crippen molar-refractivity contribution in [1.82, 2.24) is 24.5 Å². The van der Waals surface area contributed by atoms with Crippen LogP contribution in [0.3, 0.4) is 0 Å². The molecule has 0 bridgehead atoms. The lowest BCUT2D eigenvalue weighted by Gasteiger charge is -2.15. The predicted molar refractivity (Wildman–Crippen MR) is 570 cm³/mol. The van der Waals surface area contributed by atoms with Crippen LogP contribution in [0.5, 0.6) is 0 Å². The van der Waals surface area contributed by atoms with Crippen LogP contribution >= 0.6 is 22.7 Å². The molecule has 736 valence electrons. The predicted octanol–water partition coefficient (Wildman–Crippen LogP) is 31.5. The minimum absolute atomic E-state index is 0.0602. The van der Waals surface area contributed by atoms with Crippen molar-refractivity contribution >= 4 is 130 Å². The fraction of sp³-hybridized carbons (Fsp3) is 0.429. The molecule has 4 aromatic heterocycles. The van der Waals surface area contributed by atoms with Gasteiger partial charge in [0.2, 0.25) is 17.7 Å². The fourth-order valence-corrected chi connectivity index (χ4v) is 14.1. The first-order valence-electron chi connectivity index (χ1n) is 48.2. The Labute approximate surface area is 813 Å². The minimum Gasteiger partial charge on any atom is -0.464 e. The van der Waals surface area contributed by atoms with Gasteiger partial charge in [-0.2, -0.15) is 0 Å². The van der Waals surface area contributed by atoms with Crippen molar-refractivity contribution in [2.24, 2.45) is 22.1 Å². The van der Waals surface area contributed by atoms with E-state index in [0.29, 0.717) is 30.4 Å². The number of rotatable bonds is 0. The second kappa shape index (κ2) is 77.5. The molecule has 11 aromatic rings. The van der Waals surface area contributed by atoms with Gasteiger partial charge < -0.3 is 18.6 Å². The number of benzene rings is 7. The molecule has 1 saturated carbocycles. The number of para-hydroxylation sites is 3. The monoisotopic (exact) mass is 1880 g/mol. The Kier molecular flexibility index (Phi) is 74.3. The lowest BCUT2D eigenvalue weighted by atomic mass is 9.91. The molecule has 0 radical (unpaired) electrons. The number of likely N-dealkylation sites (tertiary alicyclic amines) is 1. The van der Waals surface area contributed by atoms with Gasteiger partial charge >= 0.3 is 12.1 Å². The number of fused-ring (bicyclic) bond motifs is 7. The molecule has 8 aliphatic rings. The molecule has 2 aliphatic carbocycles. The van der Waals surface area contributed by atoms with Gasteiger partial charge in [-0.1, -0.05) is 342 Å². The summed E-state index contributed by atoms with van der Waals surface area (Å²) in [5, 5.41) is 13.3. The summed E-state index contributed by atoms with van der Waals surface area (Å²) in [5.41, 5.74) is 9.73. The van der Waals surface area contributed by atoms with Crippen molar-refractivity contribution in [3.05, 3.63) is 268 Å². The number of nitrogens with zero attached hydrogens (tertiary/aromatic N) is 8. The Hall–Kier alpha value is -11.9. The lowest BCUT2D eigenvalue weighted by Crippen LogP contribution is -2.24. The molecule has 1 unspecified atom stereocenters. The van der Waals surface area contributed by atoms with Crippen molar-refractivity contribution in [3.63, 3.8) is 0 Å². The van der Waals surface area contributed by atoms with Gasteiger partial charge in [0.05, 0.1) is 23.8 Å². The number of furan rings is 2. The fourth-order valence-electron chi connectivity index (χ4n) is 12.3. The molecule has 1 atom stereocenters. The normalized spacial score (nSPS) is 13.9. The third-order valence-electron chi connectivity index (χ3n) is 19.1. The van der Waals surface area contributed by atoms with Gasteiger partial charge in [-0.25, -0.2) is 14.5 Å². The molecule has 0 N–H and O–H groups in total. The maximum atomic E-state index is 11.3. The van der Waals surface area contributed by atoms with Crippen molar-refractivity contribution in [2.45, 2.75) is 271 Å². The van der Waals surface area contributed by atoms with Crippen LogP contribution in [0.2, 0.25) is 0 Å². The first kappa shape index (κ1) is 128. The zero-order chi connectivity index (χ0) is 103. The topological polar surface area (TPSA) is 241 Å².